The molecule has 0 amide bonds. The first kappa shape index (κ1) is 12.9. The molecule has 1 aliphatic rings. The summed E-state index contributed by atoms with van der Waals surface area (Å²) in [6.45, 7) is 2.12. The molecule has 1 unspecified atom stereocenters. The highest BCUT2D eigenvalue weighted by Crippen LogP contribution is 2.06. The van der Waals surface area contributed by atoms with Gasteiger partial charge >= 0.3 is 0 Å². The molecule has 90 valence electrons. The van der Waals surface area contributed by atoms with Crippen molar-refractivity contribution in [2.24, 2.45) is 0 Å². The van der Waals surface area contributed by atoms with Gasteiger partial charge in [-0.3, -0.25) is 0 Å². The van der Waals surface area contributed by atoms with Crippen LogP contribution in [0.4, 0.5) is 0 Å². The Kier molecular flexibility index (Phi) is 5.52. The van der Waals surface area contributed by atoms with Crippen molar-refractivity contribution < 1.29 is 13.2 Å². The van der Waals surface area contributed by atoms with E-state index in [0.717, 1.165) is 32.4 Å². The molecule has 0 aromatic rings. The van der Waals surface area contributed by atoms with Crippen molar-refractivity contribution in [3.63, 3.8) is 0 Å². The molecule has 0 aromatic carbocycles. The topological polar surface area (TPSA) is 67.4 Å². The van der Waals surface area contributed by atoms with E-state index in [-0.39, 0.29) is 18.4 Å². The molecular weight excluding hydrogens is 216 g/mol. The van der Waals surface area contributed by atoms with Gasteiger partial charge in [-0.2, -0.15) is 0 Å². The van der Waals surface area contributed by atoms with Gasteiger partial charge in [0.2, 0.25) is 10.0 Å². The Labute approximate surface area is 91.6 Å². The Morgan fingerprint density at radius 1 is 1.40 bits per heavy atom. The molecule has 15 heavy (non-hydrogen) atoms. The molecule has 0 radical (unpaired) electrons. The van der Waals surface area contributed by atoms with Crippen molar-refractivity contribution in [2.75, 3.05) is 32.6 Å². The minimum absolute atomic E-state index is 0.0490. The molecule has 0 spiro atoms. The Morgan fingerprint density at radius 3 is 2.93 bits per heavy atom. The zero-order valence-corrected chi connectivity index (χ0v) is 9.98. The normalized spacial score (nSPS) is 23.7. The summed E-state index contributed by atoms with van der Waals surface area (Å²) in [5.41, 5.74) is 0. The van der Waals surface area contributed by atoms with Crippen molar-refractivity contribution in [2.45, 2.75) is 25.3 Å². The maximum atomic E-state index is 11.6. The highest BCUT2D eigenvalue weighted by atomic mass is 32.2. The van der Waals surface area contributed by atoms with E-state index in [1.54, 1.807) is 0 Å². The summed E-state index contributed by atoms with van der Waals surface area (Å²) in [7, 11) is -1.66. The quantitative estimate of drug-likeness (QED) is 0.687. The second-order valence-corrected chi connectivity index (χ2v) is 5.68. The Bertz CT molecular complexity index is 259. The van der Waals surface area contributed by atoms with E-state index in [4.69, 9.17) is 4.74 Å². The fraction of sp³-hybridized carbons (Fsp3) is 1.00. The molecule has 1 rings (SSSR count). The van der Waals surface area contributed by atoms with Gasteiger partial charge in [0, 0.05) is 13.2 Å². The minimum atomic E-state index is -3.16. The molecule has 6 heteroatoms. The van der Waals surface area contributed by atoms with Gasteiger partial charge in [0.05, 0.1) is 12.4 Å². The SMILES string of the molecule is COCCS(=O)(=O)NC1CCCNCC1. The van der Waals surface area contributed by atoms with Gasteiger partial charge in [-0.1, -0.05) is 0 Å². The van der Waals surface area contributed by atoms with E-state index in [2.05, 4.69) is 10.0 Å². The lowest BCUT2D eigenvalue weighted by molar-refractivity contribution is 0.216. The summed E-state index contributed by atoms with van der Waals surface area (Å²) in [6, 6.07) is 0.0851. The molecule has 1 saturated heterocycles. The van der Waals surface area contributed by atoms with Crippen LogP contribution >= 0.6 is 0 Å². The molecule has 1 atom stereocenters. The summed E-state index contributed by atoms with van der Waals surface area (Å²) in [6.07, 6.45) is 2.81. The fourth-order valence-corrected chi connectivity index (χ4v) is 2.89. The molecule has 5 nitrogen and oxygen atoms in total. The third-order valence-electron chi connectivity index (χ3n) is 2.48. The van der Waals surface area contributed by atoms with Crippen LogP contribution in [-0.4, -0.2) is 47.0 Å². The molecule has 2 N–H and O–H groups in total. The number of nitrogens with one attached hydrogen (secondary N) is 2. The van der Waals surface area contributed by atoms with Gasteiger partial charge in [0.25, 0.3) is 0 Å². The Morgan fingerprint density at radius 2 is 2.20 bits per heavy atom. The predicted molar refractivity (Wildman–Crippen MR) is 59.3 cm³/mol. The van der Waals surface area contributed by atoms with Crippen molar-refractivity contribution in [3.8, 4) is 0 Å². The van der Waals surface area contributed by atoms with Crippen LogP contribution in [0.15, 0.2) is 0 Å². The largest absolute Gasteiger partial charge is 0.384 e. The predicted octanol–water partition coefficient (Wildman–Crippen LogP) is -0.306. The highest BCUT2D eigenvalue weighted by Gasteiger charge is 2.18. The van der Waals surface area contributed by atoms with Crippen molar-refractivity contribution in [1.82, 2.24) is 10.0 Å². The smallest absolute Gasteiger partial charge is 0.214 e. The van der Waals surface area contributed by atoms with E-state index < -0.39 is 10.0 Å². The molecule has 1 aliphatic heterocycles. The molecule has 1 fully saturated rings. The number of ether oxygens (including phenoxy) is 1. The molecule has 1 heterocycles. The first-order valence-electron chi connectivity index (χ1n) is 5.34. The lowest BCUT2D eigenvalue weighted by Crippen LogP contribution is -2.37. The maximum Gasteiger partial charge on any atom is 0.214 e. The zero-order valence-electron chi connectivity index (χ0n) is 9.16. The number of rotatable bonds is 5. The van der Waals surface area contributed by atoms with Crippen LogP contribution in [0.3, 0.4) is 0 Å². The third-order valence-corrected chi connectivity index (χ3v) is 3.87. The van der Waals surface area contributed by atoms with Crippen LogP contribution in [-0.2, 0) is 14.8 Å². The van der Waals surface area contributed by atoms with Gasteiger partial charge < -0.3 is 10.1 Å². The van der Waals surface area contributed by atoms with Crippen LogP contribution < -0.4 is 10.0 Å². The van der Waals surface area contributed by atoms with Crippen molar-refractivity contribution in [3.05, 3.63) is 0 Å². The first-order chi connectivity index (χ1) is 7.14. The molecule has 0 aliphatic carbocycles. The number of methoxy groups -OCH3 is 1. The first-order valence-corrected chi connectivity index (χ1v) is 6.99. The molecule has 0 aromatic heterocycles. The second-order valence-electron chi connectivity index (χ2n) is 3.81. The van der Waals surface area contributed by atoms with Crippen LogP contribution in [0.25, 0.3) is 0 Å². The van der Waals surface area contributed by atoms with E-state index >= 15 is 0 Å². The minimum Gasteiger partial charge on any atom is -0.384 e. The van der Waals surface area contributed by atoms with E-state index in [1.807, 2.05) is 0 Å². The van der Waals surface area contributed by atoms with E-state index in [1.165, 1.54) is 7.11 Å². The van der Waals surface area contributed by atoms with Crippen molar-refractivity contribution >= 4 is 10.0 Å². The average molecular weight is 236 g/mol. The fourth-order valence-electron chi connectivity index (χ4n) is 1.64. The summed E-state index contributed by atoms with van der Waals surface area (Å²) >= 11 is 0. The Balaban J connectivity index is 2.37. The van der Waals surface area contributed by atoms with Gasteiger partial charge in [0.15, 0.2) is 0 Å². The average Bonchev–Trinajstić information content (AvgIpc) is 2.43. The summed E-state index contributed by atoms with van der Waals surface area (Å²) in [5.74, 6) is 0.0490. The lowest BCUT2D eigenvalue weighted by atomic mass is 10.1. The van der Waals surface area contributed by atoms with Crippen molar-refractivity contribution in [1.29, 1.82) is 0 Å². The highest BCUT2D eigenvalue weighted by molar-refractivity contribution is 7.89. The summed E-state index contributed by atoms with van der Waals surface area (Å²) < 4.78 is 30.6. The van der Waals surface area contributed by atoms with Gasteiger partial charge in [-0.05, 0) is 32.4 Å². The van der Waals surface area contributed by atoms with E-state index in [0.29, 0.717) is 0 Å². The zero-order chi connectivity index (χ0) is 11.1. The van der Waals surface area contributed by atoms with E-state index in [9.17, 15) is 8.42 Å². The summed E-state index contributed by atoms with van der Waals surface area (Å²) in [5, 5.41) is 3.25. The van der Waals surface area contributed by atoms with Gasteiger partial charge in [-0.15, -0.1) is 0 Å². The molecular formula is C9H20N2O3S. The Hall–Kier alpha value is -0.170. The third kappa shape index (κ3) is 5.46. The van der Waals surface area contributed by atoms with Gasteiger partial charge in [-0.25, -0.2) is 13.1 Å². The monoisotopic (exact) mass is 236 g/mol. The maximum absolute atomic E-state index is 11.6. The summed E-state index contributed by atoms with van der Waals surface area (Å²) in [4.78, 5) is 0. The van der Waals surface area contributed by atoms with Crippen LogP contribution in [0.5, 0.6) is 0 Å². The van der Waals surface area contributed by atoms with Gasteiger partial charge in [0.1, 0.15) is 0 Å². The second kappa shape index (κ2) is 6.42. The number of sulfonamides is 1. The van der Waals surface area contributed by atoms with Crippen LogP contribution in [0, 0.1) is 0 Å². The standard InChI is InChI=1S/C9H20N2O3S/c1-14-7-8-15(12,13)11-9-3-2-5-10-6-4-9/h9-11H,2-8H2,1H3. The molecule has 0 bridgehead atoms. The van der Waals surface area contributed by atoms with Crippen LogP contribution in [0.2, 0.25) is 0 Å². The number of hydrogen-bond acceptors (Lipinski definition) is 4. The number of hydrogen-bond donors (Lipinski definition) is 2. The molecule has 0 saturated carbocycles. The lowest BCUT2D eigenvalue weighted by Gasteiger charge is -2.15. The van der Waals surface area contributed by atoms with Crippen LogP contribution in [0.1, 0.15) is 19.3 Å².